The van der Waals surface area contributed by atoms with Crippen molar-refractivity contribution in [3.8, 4) is 0 Å². The van der Waals surface area contributed by atoms with E-state index in [1.807, 2.05) is 23.9 Å². The lowest BCUT2D eigenvalue weighted by atomic mass is 10.1. The third kappa shape index (κ3) is 4.42. The van der Waals surface area contributed by atoms with Gasteiger partial charge in [-0.1, -0.05) is 18.9 Å². The molecule has 2 aromatic carbocycles. The van der Waals surface area contributed by atoms with Crippen LogP contribution >= 0.6 is 24.0 Å². The van der Waals surface area contributed by atoms with Crippen molar-refractivity contribution in [2.75, 3.05) is 5.32 Å². The summed E-state index contributed by atoms with van der Waals surface area (Å²) in [5.74, 6) is -0.234. The molecule has 7 heteroatoms. The van der Waals surface area contributed by atoms with Gasteiger partial charge in [-0.2, -0.15) is 0 Å². The predicted octanol–water partition coefficient (Wildman–Crippen LogP) is 5.53. The minimum Gasteiger partial charge on any atom is -0.332 e. The highest BCUT2D eigenvalue weighted by molar-refractivity contribution is 8.00. The van der Waals surface area contributed by atoms with E-state index in [0.717, 1.165) is 5.69 Å². The molecular weight excluding hydrogens is 414 g/mol. The molecule has 30 heavy (non-hydrogen) atoms. The van der Waals surface area contributed by atoms with Crippen LogP contribution in [-0.2, 0) is 6.54 Å². The molecule has 1 aromatic heterocycles. The maximum atomic E-state index is 12.7. The number of aromatic amines is 1. The van der Waals surface area contributed by atoms with Crippen molar-refractivity contribution in [2.45, 2.75) is 42.4 Å². The van der Waals surface area contributed by atoms with Gasteiger partial charge >= 0.3 is 0 Å². The molecule has 0 spiro atoms. The van der Waals surface area contributed by atoms with Gasteiger partial charge in [0.15, 0.2) is 4.77 Å². The number of nitrogens with one attached hydrogen (secondary N) is 2. The van der Waals surface area contributed by atoms with Crippen LogP contribution < -0.4 is 10.9 Å². The number of thioether (sulfide) groups is 1. The summed E-state index contributed by atoms with van der Waals surface area (Å²) in [5, 5.41) is 4.11. The molecule has 3 aromatic rings. The second-order valence-corrected chi connectivity index (χ2v) is 9.16. The molecule has 0 saturated heterocycles. The van der Waals surface area contributed by atoms with Gasteiger partial charge in [-0.15, -0.1) is 18.3 Å². The molecule has 0 bridgehead atoms. The summed E-state index contributed by atoms with van der Waals surface area (Å²) in [5.41, 5.74) is 1.54. The number of allylic oxidation sites excluding steroid dienone is 1. The van der Waals surface area contributed by atoms with E-state index in [1.54, 1.807) is 24.3 Å². The Morgan fingerprint density at radius 2 is 1.97 bits per heavy atom. The maximum absolute atomic E-state index is 12.7. The number of amides is 1. The second-order valence-electron chi connectivity index (χ2n) is 7.40. The van der Waals surface area contributed by atoms with Crippen LogP contribution in [0.4, 0.5) is 5.69 Å². The zero-order chi connectivity index (χ0) is 21.1. The van der Waals surface area contributed by atoms with Gasteiger partial charge < -0.3 is 10.3 Å². The van der Waals surface area contributed by atoms with Gasteiger partial charge in [0.1, 0.15) is 0 Å². The van der Waals surface area contributed by atoms with Crippen LogP contribution in [0.25, 0.3) is 10.9 Å². The van der Waals surface area contributed by atoms with Crippen LogP contribution in [-0.4, -0.2) is 20.7 Å². The minimum absolute atomic E-state index is 0.198. The molecule has 0 aliphatic heterocycles. The van der Waals surface area contributed by atoms with Crippen molar-refractivity contribution >= 4 is 46.5 Å². The Bertz CT molecular complexity index is 1210. The third-order valence-corrected chi connectivity index (χ3v) is 6.94. The fourth-order valence-electron chi connectivity index (χ4n) is 3.71. The highest BCUT2D eigenvalue weighted by atomic mass is 32.2. The molecular formula is C23H23N3O2S2. The van der Waals surface area contributed by atoms with Crippen molar-refractivity contribution in [2.24, 2.45) is 0 Å². The Morgan fingerprint density at radius 1 is 1.23 bits per heavy atom. The Kier molecular flexibility index (Phi) is 6.20. The highest BCUT2D eigenvalue weighted by Crippen LogP contribution is 2.35. The van der Waals surface area contributed by atoms with Gasteiger partial charge in [0, 0.05) is 27.9 Å². The van der Waals surface area contributed by atoms with Crippen LogP contribution in [0.3, 0.4) is 0 Å². The summed E-state index contributed by atoms with van der Waals surface area (Å²) in [6, 6.07) is 12.9. The van der Waals surface area contributed by atoms with Crippen molar-refractivity contribution in [1.82, 2.24) is 9.55 Å². The average molecular weight is 438 g/mol. The van der Waals surface area contributed by atoms with Gasteiger partial charge in [0.25, 0.3) is 11.5 Å². The molecule has 4 rings (SSSR count). The summed E-state index contributed by atoms with van der Waals surface area (Å²) < 4.78 is 1.75. The summed E-state index contributed by atoms with van der Waals surface area (Å²) in [7, 11) is 0. The SMILES string of the molecule is C=CCn1c(=S)[nH]c2cc(C(=O)Nc3ccc(SC4CCCC4)cc3)ccc2c1=O. The third-order valence-electron chi connectivity index (χ3n) is 5.27. The van der Waals surface area contributed by atoms with E-state index in [-0.39, 0.29) is 11.5 Å². The topological polar surface area (TPSA) is 66.9 Å². The minimum atomic E-state index is -0.234. The summed E-state index contributed by atoms with van der Waals surface area (Å²) in [4.78, 5) is 29.6. The molecule has 154 valence electrons. The van der Waals surface area contributed by atoms with E-state index in [0.29, 0.717) is 33.0 Å². The van der Waals surface area contributed by atoms with Crippen LogP contribution in [0.2, 0.25) is 0 Å². The molecule has 1 aliphatic rings. The number of nitrogens with zero attached hydrogens (tertiary/aromatic N) is 1. The lowest BCUT2D eigenvalue weighted by Crippen LogP contribution is -2.22. The number of carbonyl (C=O) groups is 1. The molecule has 1 amide bonds. The Labute approximate surface area is 184 Å². The molecule has 1 aliphatic carbocycles. The number of anilines is 1. The fraction of sp³-hybridized carbons (Fsp3) is 0.261. The number of hydrogen-bond donors (Lipinski definition) is 2. The molecule has 0 unspecified atom stereocenters. The Hall–Kier alpha value is -2.64. The highest BCUT2D eigenvalue weighted by Gasteiger charge is 2.16. The van der Waals surface area contributed by atoms with Gasteiger partial charge in [-0.05, 0) is 67.5 Å². The first-order chi connectivity index (χ1) is 14.5. The number of carbonyl (C=O) groups excluding carboxylic acids is 1. The van der Waals surface area contributed by atoms with E-state index < -0.39 is 0 Å². The van der Waals surface area contributed by atoms with Gasteiger partial charge in [-0.25, -0.2) is 0 Å². The van der Waals surface area contributed by atoms with E-state index in [1.165, 1.54) is 35.1 Å². The maximum Gasteiger partial charge on any atom is 0.262 e. The van der Waals surface area contributed by atoms with Crippen molar-refractivity contribution in [3.05, 3.63) is 75.8 Å². The second kappa shape index (κ2) is 9.02. The largest absolute Gasteiger partial charge is 0.332 e. The van der Waals surface area contributed by atoms with Crippen LogP contribution in [0, 0.1) is 4.77 Å². The first-order valence-electron chi connectivity index (χ1n) is 10.0. The summed E-state index contributed by atoms with van der Waals surface area (Å²) in [6.07, 6.45) is 6.84. The molecule has 1 fully saturated rings. The Balaban J connectivity index is 1.51. The quantitative estimate of drug-likeness (QED) is 0.393. The summed E-state index contributed by atoms with van der Waals surface area (Å²) in [6.45, 7) is 3.99. The standard InChI is InChI=1S/C23H23N3O2S2/c1-2-13-26-22(28)19-12-7-15(14-20(19)25-23(26)29)21(27)24-16-8-10-18(11-9-16)30-17-5-3-4-6-17/h2,7-12,14,17H,1,3-6,13H2,(H,24,27)(H,25,29). The Morgan fingerprint density at radius 3 is 2.67 bits per heavy atom. The fourth-order valence-corrected chi connectivity index (χ4v) is 5.22. The van der Waals surface area contributed by atoms with Crippen LogP contribution in [0.15, 0.2) is 64.8 Å². The van der Waals surface area contributed by atoms with E-state index in [2.05, 4.69) is 29.0 Å². The number of benzene rings is 2. The van der Waals surface area contributed by atoms with Gasteiger partial charge in [0.05, 0.1) is 10.9 Å². The predicted molar refractivity (Wildman–Crippen MR) is 126 cm³/mol. The van der Waals surface area contributed by atoms with Gasteiger partial charge in [0.2, 0.25) is 0 Å². The molecule has 1 heterocycles. The normalized spacial score (nSPS) is 14.1. The first kappa shape index (κ1) is 20.6. The molecule has 0 radical (unpaired) electrons. The van der Waals surface area contributed by atoms with Crippen molar-refractivity contribution < 1.29 is 4.79 Å². The van der Waals surface area contributed by atoms with Crippen molar-refractivity contribution in [3.63, 3.8) is 0 Å². The number of fused-ring (bicyclic) bond motifs is 1. The summed E-state index contributed by atoms with van der Waals surface area (Å²) >= 11 is 7.19. The lowest BCUT2D eigenvalue weighted by Gasteiger charge is -2.10. The monoisotopic (exact) mass is 437 g/mol. The molecule has 1 saturated carbocycles. The zero-order valence-corrected chi connectivity index (χ0v) is 18.2. The smallest absolute Gasteiger partial charge is 0.262 e. The zero-order valence-electron chi connectivity index (χ0n) is 16.5. The molecule has 0 atom stereocenters. The average Bonchev–Trinajstić information content (AvgIpc) is 3.25. The van der Waals surface area contributed by atoms with E-state index >= 15 is 0 Å². The number of hydrogen-bond acceptors (Lipinski definition) is 4. The lowest BCUT2D eigenvalue weighted by molar-refractivity contribution is 0.102. The number of rotatable bonds is 6. The van der Waals surface area contributed by atoms with E-state index in [4.69, 9.17) is 12.2 Å². The van der Waals surface area contributed by atoms with E-state index in [9.17, 15) is 9.59 Å². The molecule has 5 nitrogen and oxygen atoms in total. The van der Waals surface area contributed by atoms with Crippen LogP contribution in [0.5, 0.6) is 0 Å². The number of aromatic nitrogens is 2. The van der Waals surface area contributed by atoms with Crippen molar-refractivity contribution in [1.29, 1.82) is 0 Å². The van der Waals surface area contributed by atoms with Crippen LogP contribution in [0.1, 0.15) is 36.0 Å². The van der Waals surface area contributed by atoms with Gasteiger partial charge in [-0.3, -0.25) is 14.2 Å². The first-order valence-corrected chi connectivity index (χ1v) is 11.3. The molecule has 2 N–H and O–H groups in total. The number of H-pyrrole nitrogens is 1.